The van der Waals surface area contributed by atoms with E-state index in [1.807, 2.05) is 44.3 Å². The Morgan fingerprint density at radius 2 is 2.00 bits per heavy atom. The van der Waals surface area contributed by atoms with Crippen molar-refractivity contribution in [3.05, 3.63) is 30.5 Å². The number of rotatable bonds is 4. The lowest BCUT2D eigenvalue weighted by atomic mass is 9.75. The summed E-state index contributed by atoms with van der Waals surface area (Å²) in [4.78, 5) is 3.13. The molecule has 0 amide bonds. The Morgan fingerprint density at radius 1 is 1.28 bits per heavy atom. The van der Waals surface area contributed by atoms with Crippen molar-refractivity contribution >= 4 is 23.5 Å². The minimum Gasteiger partial charge on any atom is -0.423 e. The molecule has 1 aromatic carbocycles. The van der Waals surface area contributed by atoms with Gasteiger partial charge in [-0.2, -0.15) is 0 Å². The summed E-state index contributed by atoms with van der Waals surface area (Å²) in [6, 6.07) is 7.76. The number of hydrogen-bond donors (Lipinski definition) is 2. The minimum absolute atomic E-state index is 0.331. The molecule has 0 atom stereocenters. The number of benzene rings is 1. The van der Waals surface area contributed by atoms with Crippen molar-refractivity contribution in [3.63, 3.8) is 0 Å². The fourth-order valence-corrected chi connectivity index (χ4v) is 1.81. The van der Waals surface area contributed by atoms with Crippen LogP contribution in [0.25, 0.3) is 10.9 Å². The Labute approximate surface area is 108 Å². The maximum atomic E-state index is 10.3. The molecule has 1 aromatic heterocycles. The van der Waals surface area contributed by atoms with E-state index < -0.39 is 7.12 Å². The standard InChI is InChI=1S/C14H20BNO2/c1-10(2)14(3,4)18-15(17)12-6-5-7-13-11(12)8-9-16-13/h5-10,16-17H,1-4H3. The molecule has 2 aromatic rings. The van der Waals surface area contributed by atoms with Crippen LogP contribution in [0.5, 0.6) is 0 Å². The summed E-state index contributed by atoms with van der Waals surface area (Å²) < 4.78 is 5.80. The Bertz CT molecular complexity index is 533. The van der Waals surface area contributed by atoms with Crippen LogP contribution >= 0.6 is 0 Å². The van der Waals surface area contributed by atoms with Crippen molar-refractivity contribution in [3.8, 4) is 0 Å². The van der Waals surface area contributed by atoms with Crippen LogP contribution in [0.1, 0.15) is 27.7 Å². The van der Waals surface area contributed by atoms with E-state index in [1.165, 1.54) is 0 Å². The first kappa shape index (κ1) is 13.2. The quantitative estimate of drug-likeness (QED) is 0.812. The lowest BCUT2D eigenvalue weighted by Gasteiger charge is -2.31. The molecule has 0 saturated heterocycles. The van der Waals surface area contributed by atoms with E-state index in [4.69, 9.17) is 4.65 Å². The summed E-state index contributed by atoms with van der Waals surface area (Å²) >= 11 is 0. The summed E-state index contributed by atoms with van der Waals surface area (Å²) in [6.07, 6.45) is 1.87. The number of H-pyrrole nitrogens is 1. The molecule has 0 unspecified atom stereocenters. The van der Waals surface area contributed by atoms with Crippen molar-refractivity contribution in [1.82, 2.24) is 4.98 Å². The zero-order valence-electron chi connectivity index (χ0n) is 11.4. The van der Waals surface area contributed by atoms with E-state index in [-0.39, 0.29) is 5.60 Å². The second-order valence-corrected chi connectivity index (χ2v) is 5.51. The number of fused-ring (bicyclic) bond motifs is 1. The fraction of sp³-hybridized carbons (Fsp3) is 0.429. The maximum absolute atomic E-state index is 10.3. The van der Waals surface area contributed by atoms with Crippen LogP contribution in [0.4, 0.5) is 0 Å². The molecule has 4 heteroatoms. The van der Waals surface area contributed by atoms with Crippen LogP contribution in [0, 0.1) is 5.92 Å². The number of aromatic amines is 1. The van der Waals surface area contributed by atoms with Crippen molar-refractivity contribution in [2.45, 2.75) is 33.3 Å². The van der Waals surface area contributed by atoms with Crippen LogP contribution in [-0.4, -0.2) is 22.7 Å². The molecule has 0 aliphatic heterocycles. The first-order chi connectivity index (χ1) is 8.42. The third kappa shape index (κ3) is 2.45. The van der Waals surface area contributed by atoms with Gasteiger partial charge in [0.2, 0.25) is 0 Å². The summed E-state index contributed by atoms with van der Waals surface area (Å²) in [5, 5.41) is 11.3. The number of hydrogen-bond acceptors (Lipinski definition) is 2. The highest BCUT2D eigenvalue weighted by Gasteiger charge is 2.31. The summed E-state index contributed by atoms with van der Waals surface area (Å²) in [6.45, 7) is 8.17. The van der Waals surface area contributed by atoms with Crippen LogP contribution in [-0.2, 0) is 4.65 Å². The molecule has 2 N–H and O–H groups in total. The molecule has 1 heterocycles. The van der Waals surface area contributed by atoms with Gasteiger partial charge in [-0.15, -0.1) is 0 Å². The molecule has 0 aliphatic rings. The Kier molecular flexibility index (Phi) is 3.50. The largest absolute Gasteiger partial charge is 0.492 e. The first-order valence-electron chi connectivity index (χ1n) is 6.33. The molecule has 96 valence electrons. The van der Waals surface area contributed by atoms with E-state index >= 15 is 0 Å². The highest BCUT2D eigenvalue weighted by molar-refractivity contribution is 6.63. The lowest BCUT2D eigenvalue weighted by molar-refractivity contribution is 0.0424. The Hall–Kier alpha value is -1.26. The summed E-state index contributed by atoms with van der Waals surface area (Å²) in [5.74, 6) is 0.331. The van der Waals surface area contributed by atoms with Crippen molar-refractivity contribution in [1.29, 1.82) is 0 Å². The number of aromatic nitrogens is 1. The van der Waals surface area contributed by atoms with Crippen molar-refractivity contribution < 1.29 is 9.68 Å². The van der Waals surface area contributed by atoms with E-state index in [2.05, 4.69) is 18.8 Å². The van der Waals surface area contributed by atoms with Gasteiger partial charge in [0.1, 0.15) is 0 Å². The third-order valence-electron chi connectivity index (χ3n) is 3.70. The zero-order chi connectivity index (χ0) is 13.3. The molecule has 0 fully saturated rings. The Morgan fingerprint density at radius 3 is 2.67 bits per heavy atom. The predicted molar refractivity (Wildman–Crippen MR) is 75.9 cm³/mol. The van der Waals surface area contributed by atoms with Gasteiger partial charge in [0, 0.05) is 11.7 Å². The molecule has 0 bridgehead atoms. The zero-order valence-corrected chi connectivity index (χ0v) is 11.4. The van der Waals surface area contributed by atoms with Crippen LogP contribution in [0.2, 0.25) is 0 Å². The van der Waals surface area contributed by atoms with Gasteiger partial charge in [0.05, 0.1) is 5.60 Å². The minimum atomic E-state index is -0.901. The topological polar surface area (TPSA) is 45.2 Å². The van der Waals surface area contributed by atoms with Gasteiger partial charge in [-0.1, -0.05) is 26.0 Å². The predicted octanol–water partition coefficient (Wildman–Crippen LogP) is 2.31. The van der Waals surface area contributed by atoms with Crippen molar-refractivity contribution in [2.75, 3.05) is 0 Å². The third-order valence-corrected chi connectivity index (χ3v) is 3.70. The van der Waals surface area contributed by atoms with E-state index in [0.717, 1.165) is 16.4 Å². The van der Waals surface area contributed by atoms with Gasteiger partial charge in [-0.3, -0.25) is 0 Å². The average molecular weight is 245 g/mol. The van der Waals surface area contributed by atoms with Gasteiger partial charge >= 0.3 is 7.12 Å². The van der Waals surface area contributed by atoms with E-state index in [9.17, 15) is 5.02 Å². The molecular formula is C14H20BNO2. The fourth-order valence-electron chi connectivity index (χ4n) is 1.81. The van der Waals surface area contributed by atoms with E-state index in [1.54, 1.807) is 0 Å². The molecular weight excluding hydrogens is 225 g/mol. The van der Waals surface area contributed by atoms with Gasteiger partial charge in [-0.25, -0.2) is 0 Å². The maximum Gasteiger partial charge on any atom is 0.492 e. The summed E-state index contributed by atoms with van der Waals surface area (Å²) in [5.41, 5.74) is 1.46. The second kappa shape index (κ2) is 4.79. The van der Waals surface area contributed by atoms with Crippen molar-refractivity contribution in [2.24, 2.45) is 5.92 Å². The first-order valence-corrected chi connectivity index (χ1v) is 6.33. The molecule has 18 heavy (non-hydrogen) atoms. The van der Waals surface area contributed by atoms with Crippen LogP contribution < -0.4 is 5.46 Å². The normalized spacial score (nSPS) is 12.3. The highest BCUT2D eigenvalue weighted by Crippen LogP contribution is 2.21. The molecule has 3 nitrogen and oxygen atoms in total. The molecule has 0 aliphatic carbocycles. The van der Waals surface area contributed by atoms with Crippen LogP contribution in [0.3, 0.4) is 0 Å². The molecule has 0 saturated carbocycles. The molecule has 0 spiro atoms. The average Bonchev–Trinajstić information content (AvgIpc) is 2.75. The lowest BCUT2D eigenvalue weighted by Crippen LogP contribution is -2.44. The second-order valence-electron chi connectivity index (χ2n) is 5.51. The molecule has 2 rings (SSSR count). The Balaban J connectivity index is 2.29. The summed E-state index contributed by atoms with van der Waals surface area (Å²) in [7, 11) is -0.901. The van der Waals surface area contributed by atoms with Gasteiger partial charge in [0.15, 0.2) is 0 Å². The smallest absolute Gasteiger partial charge is 0.423 e. The molecule has 0 radical (unpaired) electrons. The van der Waals surface area contributed by atoms with E-state index in [0.29, 0.717) is 5.92 Å². The SMILES string of the molecule is CC(C)C(C)(C)OB(O)c1cccc2[nH]ccc12. The van der Waals surface area contributed by atoms with Gasteiger partial charge in [0.25, 0.3) is 0 Å². The monoisotopic (exact) mass is 245 g/mol. The number of nitrogens with one attached hydrogen (secondary N) is 1. The van der Waals surface area contributed by atoms with Gasteiger partial charge < -0.3 is 14.7 Å². The highest BCUT2D eigenvalue weighted by atomic mass is 16.5. The van der Waals surface area contributed by atoms with Gasteiger partial charge in [-0.05, 0) is 42.7 Å². The van der Waals surface area contributed by atoms with Crippen LogP contribution in [0.15, 0.2) is 30.5 Å².